The maximum atomic E-state index is 12.9. The first-order valence-electron chi connectivity index (χ1n) is 5.25. The molecule has 0 radical (unpaired) electrons. The van der Waals surface area contributed by atoms with E-state index in [0.717, 1.165) is 6.07 Å². The second-order valence-corrected chi connectivity index (χ2v) is 5.74. The van der Waals surface area contributed by atoms with Crippen LogP contribution in [0.4, 0.5) is 4.39 Å². The maximum absolute atomic E-state index is 12.9. The minimum absolute atomic E-state index is 0.116. The highest BCUT2D eigenvalue weighted by Gasteiger charge is 2.20. The molecule has 6 heteroatoms. The molecule has 2 unspecified atom stereocenters. The van der Waals surface area contributed by atoms with E-state index in [1.54, 1.807) is 13.8 Å². The lowest BCUT2D eigenvalue weighted by molar-refractivity contribution is 0.216. The third-order valence-electron chi connectivity index (χ3n) is 2.59. The Morgan fingerprint density at radius 3 is 2.59 bits per heavy atom. The molecule has 0 fully saturated rings. The predicted octanol–water partition coefficient (Wildman–Crippen LogP) is 1.12. The lowest BCUT2D eigenvalue weighted by Gasteiger charge is -2.19. The first-order chi connectivity index (χ1) is 7.86. The summed E-state index contributed by atoms with van der Waals surface area (Å²) in [6, 6.07) is 4.37. The van der Waals surface area contributed by atoms with Crippen LogP contribution in [0.5, 0.6) is 0 Å². The number of hydrogen-bond donors (Lipinski definition) is 2. The molecule has 0 aliphatic heterocycles. The zero-order valence-electron chi connectivity index (χ0n) is 9.72. The molecule has 0 saturated carbocycles. The molecule has 0 amide bonds. The number of nitrogens with one attached hydrogen (secondary N) is 1. The van der Waals surface area contributed by atoms with E-state index in [0.29, 0.717) is 0 Å². The highest BCUT2D eigenvalue weighted by molar-refractivity contribution is 7.89. The number of hydrogen-bond acceptors (Lipinski definition) is 3. The van der Waals surface area contributed by atoms with Gasteiger partial charge in [-0.3, -0.25) is 0 Å². The monoisotopic (exact) mass is 261 g/mol. The molecule has 1 aromatic carbocycles. The van der Waals surface area contributed by atoms with Gasteiger partial charge in [0.1, 0.15) is 5.82 Å². The van der Waals surface area contributed by atoms with Gasteiger partial charge in [0.15, 0.2) is 0 Å². The van der Waals surface area contributed by atoms with Crippen molar-refractivity contribution in [1.82, 2.24) is 4.72 Å². The van der Waals surface area contributed by atoms with Gasteiger partial charge in [-0.15, -0.1) is 0 Å². The molecule has 0 spiro atoms. The van der Waals surface area contributed by atoms with Crippen molar-refractivity contribution in [3.05, 3.63) is 30.1 Å². The number of benzene rings is 1. The normalized spacial score (nSPS) is 15.5. The third-order valence-corrected chi connectivity index (χ3v) is 4.15. The van der Waals surface area contributed by atoms with Crippen LogP contribution in [0.3, 0.4) is 0 Å². The lowest BCUT2D eigenvalue weighted by atomic mass is 10.1. The predicted molar refractivity (Wildman–Crippen MR) is 62.4 cm³/mol. The molecule has 4 nitrogen and oxygen atoms in total. The highest BCUT2D eigenvalue weighted by Crippen LogP contribution is 2.12. The van der Waals surface area contributed by atoms with Crippen molar-refractivity contribution in [3.8, 4) is 0 Å². The SMILES string of the molecule is CC(CO)C(C)NS(=O)(=O)c1cccc(F)c1. The van der Waals surface area contributed by atoms with Gasteiger partial charge in [-0.2, -0.15) is 0 Å². The molecule has 0 aliphatic carbocycles. The van der Waals surface area contributed by atoms with Crippen LogP contribution >= 0.6 is 0 Å². The van der Waals surface area contributed by atoms with Gasteiger partial charge in [-0.25, -0.2) is 17.5 Å². The summed E-state index contributed by atoms with van der Waals surface area (Å²) < 4.78 is 39.0. The fraction of sp³-hybridized carbons (Fsp3) is 0.455. The molecule has 0 aromatic heterocycles. The highest BCUT2D eigenvalue weighted by atomic mass is 32.2. The number of sulfonamides is 1. The van der Waals surface area contributed by atoms with E-state index < -0.39 is 21.9 Å². The van der Waals surface area contributed by atoms with Crippen LogP contribution in [0.2, 0.25) is 0 Å². The Balaban J connectivity index is 2.89. The molecule has 96 valence electrons. The van der Waals surface area contributed by atoms with Crippen LogP contribution in [-0.4, -0.2) is 26.2 Å². The molecule has 0 saturated heterocycles. The van der Waals surface area contributed by atoms with Gasteiger partial charge in [0.25, 0.3) is 0 Å². The first kappa shape index (κ1) is 14.1. The van der Waals surface area contributed by atoms with E-state index in [1.807, 2.05) is 0 Å². The van der Waals surface area contributed by atoms with Crippen molar-refractivity contribution in [2.75, 3.05) is 6.61 Å². The molecule has 2 N–H and O–H groups in total. The van der Waals surface area contributed by atoms with Gasteiger partial charge >= 0.3 is 0 Å². The van der Waals surface area contributed by atoms with Crippen LogP contribution in [0.25, 0.3) is 0 Å². The molecule has 0 heterocycles. The van der Waals surface area contributed by atoms with Gasteiger partial charge in [0.05, 0.1) is 4.90 Å². The number of aliphatic hydroxyl groups excluding tert-OH is 1. The molecule has 17 heavy (non-hydrogen) atoms. The number of rotatable bonds is 5. The summed E-state index contributed by atoms with van der Waals surface area (Å²) in [5.41, 5.74) is 0. The summed E-state index contributed by atoms with van der Waals surface area (Å²) in [7, 11) is -3.74. The largest absolute Gasteiger partial charge is 0.396 e. The smallest absolute Gasteiger partial charge is 0.240 e. The second-order valence-electron chi connectivity index (χ2n) is 4.03. The minimum Gasteiger partial charge on any atom is -0.396 e. The Bertz CT molecular complexity index is 475. The zero-order chi connectivity index (χ0) is 13.1. The van der Waals surface area contributed by atoms with Crippen molar-refractivity contribution < 1.29 is 17.9 Å². The molecule has 1 aromatic rings. The quantitative estimate of drug-likeness (QED) is 0.834. The average molecular weight is 261 g/mol. The maximum Gasteiger partial charge on any atom is 0.240 e. The van der Waals surface area contributed by atoms with Gasteiger partial charge in [-0.1, -0.05) is 13.0 Å². The zero-order valence-corrected chi connectivity index (χ0v) is 10.5. The van der Waals surface area contributed by atoms with E-state index in [2.05, 4.69) is 4.72 Å². The first-order valence-corrected chi connectivity index (χ1v) is 6.74. The van der Waals surface area contributed by atoms with Crippen molar-refractivity contribution in [3.63, 3.8) is 0 Å². The van der Waals surface area contributed by atoms with Crippen LogP contribution in [-0.2, 0) is 10.0 Å². The summed E-state index contributed by atoms with van der Waals surface area (Å²) in [5, 5.41) is 8.92. The summed E-state index contributed by atoms with van der Waals surface area (Å²) >= 11 is 0. The Hall–Kier alpha value is -0.980. The van der Waals surface area contributed by atoms with E-state index in [9.17, 15) is 12.8 Å². The molecular formula is C11H16FNO3S. The standard InChI is InChI=1S/C11H16FNO3S/c1-8(7-14)9(2)13-17(15,16)11-5-3-4-10(12)6-11/h3-6,8-9,13-14H,7H2,1-2H3. The molecule has 2 atom stereocenters. The summed E-state index contributed by atoms with van der Waals surface area (Å²) in [5.74, 6) is -0.811. The van der Waals surface area contributed by atoms with Crippen LogP contribution in [0, 0.1) is 11.7 Å². The molecule has 0 aliphatic rings. The fourth-order valence-corrected chi connectivity index (χ4v) is 2.60. The van der Waals surface area contributed by atoms with Crippen molar-refractivity contribution >= 4 is 10.0 Å². The minimum atomic E-state index is -3.74. The summed E-state index contributed by atoms with van der Waals surface area (Å²) in [6.07, 6.45) is 0. The molecular weight excluding hydrogens is 245 g/mol. The van der Waals surface area contributed by atoms with Crippen LogP contribution < -0.4 is 4.72 Å². The molecule has 1 rings (SSSR count). The van der Waals surface area contributed by atoms with Crippen molar-refractivity contribution in [2.45, 2.75) is 24.8 Å². The Morgan fingerprint density at radius 2 is 2.06 bits per heavy atom. The molecule has 0 bridgehead atoms. The van der Waals surface area contributed by atoms with Crippen molar-refractivity contribution in [2.24, 2.45) is 5.92 Å². The second kappa shape index (κ2) is 5.57. The van der Waals surface area contributed by atoms with E-state index in [1.165, 1.54) is 18.2 Å². The van der Waals surface area contributed by atoms with E-state index in [-0.39, 0.29) is 17.4 Å². The lowest BCUT2D eigenvalue weighted by Crippen LogP contribution is -2.38. The van der Waals surface area contributed by atoms with E-state index >= 15 is 0 Å². The third kappa shape index (κ3) is 3.76. The number of halogens is 1. The van der Waals surface area contributed by atoms with Crippen molar-refractivity contribution in [1.29, 1.82) is 0 Å². The summed E-state index contributed by atoms with van der Waals surface area (Å²) in [4.78, 5) is -0.116. The summed E-state index contributed by atoms with van der Waals surface area (Å²) in [6.45, 7) is 3.25. The number of aliphatic hydroxyl groups is 1. The Morgan fingerprint density at radius 1 is 1.41 bits per heavy atom. The van der Waals surface area contributed by atoms with Gasteiger partial charge < -0.3 is 5.11 Å². The van der Waals surface area contributed by atoms with E-state index in [4.69, 9.17) is 5.11 Å². The Labute approximate surface area is 101 Å². The van der Waals surface area contributed by atoms with Crippen LogP contribution in [0.1, 0.15) is 13.8 Å². The Kier molecular flexibility index (Phi) is 4.62. The van der Waals surface area contributed by atoms with Gasteiger partial charge in [0, 0.05) is 12.6 Å². The van der Waals surface area contributed by atoms with Gasteiger partial charge in [-0.05, 0) is 31.0 Å². The fourth-order valence-electron chi connectivity index (χ4n) is 1.22. The van der Waals surface area contributed by atoms with Gasteiger partial charge in [0.2, 0.25) is 10.0 Å². The van der Waals surface area contributed by atoms with Crippen LogP contribution in [0.15, 0.2) is 29.2 Å². The topological polar surface area (TPSA) is 66.4 Å². The average Bonchev–Trinajstić information content (AvgIpc) is 2.27.